The average molecular weight is 244 g/mol. The molecule has 0 amide bonds. The molecule has 1 aliphatic rings. The van der Waals surface area contributed by atoms with Crippen molar-refractivity contribution in [2.24, 2.45) is 5.92 Å². The van der Waals surface area contributed by atoms with Crippen molar-refractivity contribution in [1.82, 2.24) is 0 Å². The van der Waals surface area contributed by atoms with E-state index in [-0.39, 0.29) is 0 Å². The lowest BCUT2D eigenvalue weighted by Gasteiger charge is -2.31. The highest BCUT2D eigenvalue weighted by Gasteiger charge is 2.23. The highest BCUT2D eigenvalue weighted by Crippen LogP contribution is 2.37. The molecule has 0 spiro atoms. The van der Waals surface area contributed by atoms with E-state index in [4.69, 9.17) is 23.2 Å². The van der Waals surface area contributed by atoms with Crippen molar-refractivity contribution in [2.75, 3.05) is 5.32 Å². The number of halogens is 2. The van der Waals surface area contributed by atoms with Gasteiger partial charge < -0.3 is 5.32 Å². The van der Waals surface area contributed by atoms with E-state index in [1.807, 2.05) is 12.1 Å². The molecule has 1 aromatic rings. The van der Waals surface area contributed by atoms with Gasteiger partial charge in [-0.3, -0.25) is 0 Å². The van der Waals surface area contributed by atoms with Gasteiger partial charge in [0.2, 0.25) is 0 Å². The maximum Gasteiger partial charge on any atom is 0.0641 e. The molecule has 2 rings (SSSR count). The maximum atomic E-state index is 6.16. The van der Waals surface area contributed by atoms with Gasteiger partial charge in [-0.1, -0.05) is 37.0 Å². The van der Waals surface area contributed by atoms with Gasteiger partial charge in [0, 0.05) is 11.1 Å². The summed E-state index contributed by atoms with van der Waals surface area (Å²) in [6.45, 7) is 4.45. The van der Waals surface area contributed by atoms with Gasteiger partial charge in [-0.15, -0.1) is 0 Å². The Hall–Kier alpha value is -0.400. The fraction of sp³-hybridized carbons (Fsp3) is 0.500. The Bertz CT molecular complexity index is 374. The number of hydrogen-bond acceptors (Lipinski definition) is 1. The second kappa shape index (κ2) is 4.23. The van der Waals surface area contributed by atoms with Crippen LogP contribution < -0.4 is 5.32 Å². The molecule has 3 heteroatoms. The first-order chi connectivity index (χ1) is 7.09. The second-order valence-corrected chi connectivity index (χ2v) is 5.23. The molecule has 0 aliphatic carbocycles. The van der Waals surface area contributed by atoms with E-state index in [0.717, 1.165) is 28.6 Å². The zero-order valence-electron chi connectivity index (χ0n) is 8.98. The molecule has 0 fully saturated rings. The Morgan fingerprint density at radius 2 is 1.93 bits per heavy atom. The quantitative estimate of drug-likeness (QED) is 0.773. The molecule has 0 bridgehead atoms. The Labute approximate surface area is 101 Å². The normalized spacial score (nSPS) is 19.9. The third-order valence-electron chi connectivity index (χ3n) is 3.04. The number of fused-ring (bicyclic) bond motifs is 1. The van der Waals surface area contributed by atoms with Gasteiger partial charge in [0.25, 0.3) is 0 Å². The standard InChI is InChI=1S/C12H15Cl2N/c1-7(2)11-6-3-8-9(13)4-5-10(14)12(8)15-11/h4-5,7,11,15H,3,6H2,1-2H3. The van der Waals surface area contributed by atoms with Crippen molar-refractivity contribution >= 4 is 28.9 Å². The number of rotatable bonds is 1. The average Bonchev–Trinajstić information content (AvgIpc) is 2.23. The smallest absolute Gasteiger partial charge is 0.0641 e. The van der Waals surface area contributed by atoms with Crippen LogP contribution in [0.5, 0.6) is 0 Å². The van der Waals surface area contributed by atoms with Crippen LogP contribution in [0.25, 0.3) is 0 Å². The van der Waals surface area contributed by atoms with Crippen molar-refractivity contribution in [3.8, 4) is 0 Å². The van der Waals surface area contributed by atoms with Gasteiger partial charge in [0.15, 0.2) is 0 Å². The topological polar surface area (TPSA) is 12.0 Å². The van der Waals surface area contributed by atoms with Crippen LogP contribution >= 0.6 is 23.2 Å². The highest BCUT2D eigenvalue weighted by molar-refractivity contribution is 6.36. The lowest BCUT2D eigenvalue weighted by molar-refractivity contribution is 0.483. The zero-order chi connectivity index (χ0) is 11.0. The van der Waals surface area contributed by atoms with Crippen molar-refractivity contribution < 1.29 is 0 Å². The fourth-order valence-corrected chi connectivity index (χ4v) is 2.54. The molecule has 0 saturated heterocycles. The molecule has 0 saturated carbocycles. The van der Waals surface area contributed by atoms with E-state index < -0.39 is 0 Å². The predicted octanol–water partition coefficient (Wildman–Crippen LogP) is 4.38. The van der Waals surface area contributed by atoms with Crippen LogP contribution in [-0.2, 0) is 6.42 Å². The van der Waals surface area contributed by atoms with Crippen LogP contribution in [-0.4, -0.2) is 6.04 Å². The Morgan fingerprint density at radius 1 is 1.27 bits per heavy atom. The monoisotopic (exact) mass is 243 g/mol. The predicted molar refractivity (Wildman–Crippen MR) is 67.0 cm³/mol. The van der Waals surface area contributed by atoms with Gasteiger partial charge in [-0.05, 0) is 36.5 Å². The summed E-state index contributed by atoms with van der Waals surface area (Å²) in [6.07, 6.45) is 2.15. The van der Waals surface area contributed by atoms with E-state index in [2.05, 4.69) is 19.2 Å². The maximum absolute atomic E-state index is 6.16. The number of hydrogen-bond donors (Lipinski definition) is 1. The van der Waals surface area contributed by atoms with Gasteiger partial charge in [-0.25, -0.2) is 0 Å². The van der Waals surface area contributed by atoms with E-state index in [1.165, 1.54) is 5.56 Å². The Morgan fingerprint density at radius 3 is 2.60 bits per heavy atom. The second-order valence-electron chi connectivity index (χ2n) is 4.42. The SMILES string of the molecule is CC(C)C1CCc2c(Cl)ccc(Cl)c2N1. The molecule has 0 aromatic heterocycles. The van der Waals surface area contributed by atoms with Crippen LogP contribution in [0.2, 0.25) is 10.0 Å². The first-order valence-electron chi connectivity index (χ1n) is 5.33. The fourth-order valence-electron chi connectivity index (χ4n) is 2.05. The third-order valence-corrected chi connectivity index (χ3v) is 3.71. The van der Waals surface area contributed by atoms with Crippen molar-refractivity contribution in [2.45, 2.75) is 32.7 Å². The molecular weight excluding hydrogens is 229 g/mol. The van der Waals surface area contributed by atoms with Crippen LogP contribution in [0.4, 0.5) is 5.69 Å². The molecule has 1 nitrogen and oxygen atoms in total. The Balaban J connectivity index is 2.36. The minimum atomic E-state index is 0.508. The molecule has 1 N–H and O–H groups in total. The first-order valence-corrected chi connectivity index (χ1v) is 6.08. The van der Waals surface area contributed by atoms with Crippen LogP contribution in [0, 0.1) is 5.92 Å². The number of nitrogens with one attached hydrogen (secondary N) is 1. The summed E-state index contributed by atoms with van der Waals surface area (Å²) < 4.78 is 0. The minimum absolute atomic E-state index is 0.508. The molecule has 1 heterocycles. The van der Waals surface area contributed by atoms with Crippen molar-refractivity contribution in [3.05, 3.63) is 27.7 Å². The summed E-state index contributed by atoms with van der Waals surface area (Å²) >= 11 is 12.3. The molecule has 1 atom stereocenters. The molecule has 1 aliphatic heterocycles. The van der Waals surface area contributed by atoms with Gasteiger partial charge in [0.1, 0.15) is 0 Å². The lowest BCUT2D eigenvalue weighted by Crippen LogP contribution is -2.30. The summed E-state index contributed by atoms with van der Waals surface area (Å²) in [5.41, 5.74) is 2.20. The van der Waals surface area contributed by atoms with E-state index in [1.54, 1.807) is 0 Å². The molecule has 1 aromatic carbocycles. The van der Waals surface area contributed by atoms with Gasteiger partial charge in [-0.2, -0.15) is 0 Å². The van der Waals surface area contributed by atoms with Crippen LogP contribution in [0.3, 0.4) is 0 Å². The van der Waals surface area contributed by atoms with Crippen molar-refractivity contribution in [1.29, 1.82) is 0 Å². The summed E-state index contributed by atoms with van der Waals surface area (Å²) in [7, 11) is 0. The van der Waals surface area contributed by atoms with Crippen molar-refractivity contribution in [3.63, 3.8) is 0 Å². The van der Waals surface area contributed by atoms with E-state index in [0.29, 0.717) is 12.0 Å². The molecule has 1 unspecified atom stereocenters. The summed E-state index contributed by atoms with van der Waals surface area (Å²) in [5, 5.41) is 5.09. The van der Waals surface area contributed by atoms with Crippen LogP contribution in [0.15, 0.2) is 12.1 Å². The highest BCUT2D eigenvalue weighted by atomic mass is 35.5. The lowest BCUT2D eigenvalue weighted by atomic mass is 9.91. The molecule has 0 radical (unpaired) electrons. The molecule has 82 valence electrons. The summed E-state index contributed by atoms with van der Waals surface area (Å²) in [4.78, 5) is 0. The minimum Gasteiger partial charge on any atom is -0.381 e. The van der Waals surface area contributed by atoms with E-state index in [9.17, 15) is 0 Å². The third kappa shape index (κ3) is 2.09. The largest absolute Gasteiger partial charge is 0.381 e. The number of anilines is 1. The Kier molecular flexibility index (Phi) is 3.13. The number of benzene rings is 1. The molecular formula is C12H15Cl2N. The van der Waals surface area contributed by atoms with Crippen LogP contribution in [0.1, 0.15) is 25.8 Å². The zero-order valence-corrected chi connectivity index (χ0v) is 10.5. The first kappa shape index (κ1) is 11.1. The van der Waals surface area contributed by atoms with Gasteiger partial charge >= 0.3 is 0 Å². The van der Waals surface area contributed by atoms with E-state index >= 15 is 0 Å². The molecule has 15 heavy (non-hydrogen) atoms. The summed E-state index contributed by atoms with van der Waals surface area (Å²) in [5.74, 6) is 0.619. The summed E-state index contributed by atoms with van der Waals surface area (Å²) in [6, 6.07) is 4.24. The van der Waals surface area contributed by atoms with Gasteiger partial charge in [0.05, 0.1) is 10.7 Å².